The van der Waals surface area contributed by atoms with Crippen LogP contribution in [0.25, 0.3) is 0 Å². The molecule has 2 aromatic rings. The van der Waals surface area contributed by atoms with Gasteiger partial charge in [-0.1, -0.05) is 0 Å². The van der Waals surface area contributed by atoms with E-state index in [9.17, 15) is 0 Å². The lowest BCUT2D eigenvalue weighted by Gasteiger charge is -2.25. The molecule has 0 aliphatic carbocycles. The second-order valence-electron chi connectivity index (χ2n) is 6.16. The van der Waals surface area contributed by atoms with Gasteiger partial charge in [0.15, 0.2) is 0 Å². The molecule has 0 bridgehead atoms. The molecule has 8 nitrogen and oxygen atoms in total. The summed E-state index contributed by atoms with van der Waals surface area (Å²) in [4.78, 5) is 12.8. The van der Waals surface area contributed by atoms with Gasteiger partial charge in [0.05, 0.1) is 23.6 Å². The molecule has 0 unspecified atom stereocenters. The van der Waals surface area contributed by atoms with E-state index in [0.717, 1.165) is 31.7 Å². The predicted molar refractivity (Wildman–Crippen MR) is 100.0 cm³/mol. The number of rotatable bonds is 6. The lowest BCUT2D eigenvalue weighted by Crippen LogP contribution is -2.29. The molecule has 0 atom stereocenters. The van der Waals surface area contributed by atoms with Crippen LogP contribution in [-0.4, -0.2) is 46.5 Å². The van der Waals surface area contributed by atoms with Crippen molar-refractivity contribution in [3.05, 3.63) is 35.4 Å². The molecule has 0 saturated carbocycles. The standard InChI is InChI=1S/C18H24N6O2/c1-3-26-15-9-14(21-10-22-15)17(20)16-13(19)8-11(2)23-18(16)24-12-4-6-25-7-5-12/h8-10,12,20H,3-7H2,1-2H3,(H3,19,23,24). The molecule has 0 aromatic carbocycles. The van der Waals surface area contributed by atoms with Gasteiger partial charge in [0.1, 0.15) is 12.1 Å². The number of anilines is 2. The zero-order valence-electron chi connectivity index (χ0n) is 15.1. The summed E-state index contributed by atoms with van der Waals surface area (Å²) in [6.45, 7) is 5.70. The van der Waals surface area contributed by atoms with Crippen LogP contribution in [-0.2, 0) is 4.74 Å². The van der Waals surface area contributed by atoms with Gasteiger partial charge < -0.3 is 20.5 Å². The first-order valence-electron chi connectivity index (χ1n) is 8.74. The normalized spacial score (nSPS) is 14.8. The lowest BCUT2D eigenvalue weighted by atomic mass is 10.0. The first-order valence-corrected chi connectivity index (χ1v) is 8.74. The highest BCUT2D eigenvalue weighted by Crippen LogP contribution is 2.26. The molecule has 26 heavy (non-hydrogen) atoms. The number of nitrogen functional groups attached to an aromatic ring is 1. The number of pyridine rings is 1. The molecule has 4 N–H and O–H groups in total. The van der Waals surface area contributed by atoms with Crippen molar-refractivity contribution >= 4 is 17.2 Å². The van der Waals surface area contributed by atoms with E-state index in [1.54, 1.807) is 12.1 Å². The second kappa shape index (κ2) is 8.09. The molecule has 1 fully saturated rings. The monoisotopic (exact) mass is 356 g/mol. The summed E-state index contributed by atoms with van der Waals surface area (Å²) >= 11 is 0. The Hall–Kier alpha value is -2.74. The van der Waals surface area contributed by atoms with Crippen LogP contribution in [0.15, 0.2) is 18.5 Å². The molecule has 1 aliphatic heterocycles. The fourth-order valence-electron chi connectivity index (χ4n) is 2.93. The summed E-state index contributed by atoms with van der Waals surface area (Å²) < 4.78 is 10.8. The average Bonchev–Trinajstić information content (AvgIpc) is 2.62. The van der Waals surface area contributed by atoms with E-state index in [4.69, 9.17) is 20.6 Å². The molecule has 2 aromatic heterocycles. The molecule has 1 saturated heterocycles. The molecule has 1 aliphatic rings. The van der Waals surface area contributed by atoms with Crippen molar-refractivity contribution in [1.29, 1.82) is 5.41 Å². The van der Waals surface area contributed by atoms with Crippen molar-refractivity contribution < 1.29 is 9.47 Å². The number of nitrogens with zero attached hydrogens (tertiary/aromatic N) is 3. The van der Waals surface area contributed by atoms with Crippen molar-refractivity contribution in [1.82, 2.24) is 15.0 Å². The predicted octanol–water partition coefficient (Wildman–Crippen LogP) is 2.17. The van der Waals surface area contributed by atoms with Crippen LogP contribution < -0.4 is 15.8 Å². The van der Waals surface area contributed by atoms with Crippen molar-refractivity contribution in [3.63, 3.8) is 0 Å². The van der Waals surface area contributed by atoms with Crippen LogP contribution in [0.1, 0.15) is 36.7 Å². The first-order chi connectivity index (χ1) is 12.6. The van der Waals surface area contributed by atoms with Crippen molar-refractivity contribution in [2.75, 3.05) is 30.9 Å². The van der Waals surface area contributed by atoms with Gasteiger partial charge in [0.2, 0.25) is 5.88 Å². The van der Waals surface area contributed by atoms with Gasteiger partial charge in [0, 0.05) is 36.7 Å². The number of aromatic nitrogens is 3. The van der Waals surface area contributed by atoms with Gasteiger partial charge in [-0.05, 0) is 32.8 Å². The molecule has 0 spiro atoms. The van der Waals surface area contributed by atoms with Crippen molar-refractivity contribution in [2.24, 2.45) is 0 Å². The summed E-state index contributed by atoms with van der Waals surface area (Å²) in [5, 5.41) is 12.1. The second-order valence-corrected chi connectivity index (χ2v) is 6.16. The van der Waals surface area contributed by atoms with E-state index < -0.39 is 0 Å². The third-order valence-electron chi connectivity index (χ3n) is 4.18. The Balaban J connectivity index is 1.94. The fraction of sp³-hybridized carbons (Fsp3) is 0.444. The average molecular weight is 356 g/mol. The topological polar surface area (TPSA) is 119 Å². The summed E-state index contributed by atoms with van der Waals surface area (Å²) in [6.07, 6.45) is 3.17. The summed E-state index contributed by atoms with van der Waals surface area (Å²) in [5.74, 6) is 1.04. The van der Waals surface area contributed by atoms with Crippen LogP contribution in [0.5, 0.6) is 5.88 Å². The molecule has 3 heterocycles. The quantitative estimate of drug-likeness (QED) is 0.679. The van der Waals surface area contributed by atoms with Crippen LogP contribution in [0.3, 0.4) is 0 Å². The smallest absolute Gasteiger partial charge is 0.216 e. The molecule has 8 heteroatoms. The Morgan fingerprint density at radius 3 is 2.85 bits per heavy atom. The Labute approximate surface area is 152 Å². The number of hydrogen-bond acceptors (Lipinski definition) is 8. The van der Waals surface area contributed by atoms with Crippen LogP contribution >= 0.6 is 0 Å². The number of hydrogen-bond donors (Lipinski definition) is 3. The van der Waals surface area contributed by atoms with E-state index in [1.807, 2.05) is 13.8 Å². The van der Waals surface area contributed by atoms with Crippen LogP contribution in [0, 0.1) is 12.3 Å². The first kappa shape index (κ1) is 18.1. The van der Waals surface area contributed by atoms with Crippen molar-refractivity contribution in [3.8, 4) is 5.88 Å². The minimum atomic E-state index is 0.188. The Kier molecular flexibility index (Phi) is 5.62. The molecule has 138 valence electrons. The zero-order chi connectivity index (χ0) is 18.5. The Morgan fingerprint density at radius 2 is 2.12 bits per heavy atom. The molecule has 3 rings (SSSR count). The minimum Gasteiger partial charge on any atom is -0.478 e. The largest absolute Gasteiger partial charge is 0.478 e. The minimum absolute atomic E-state index is 0.188. The van der Waals surface area contributed by atoms with Gasteiger partial charge in [-0.2, -0.15) is 0 Å². The third kappa shape index (κ3) is 4.08. The highest BCUT2D eigenvalue weighted by Gasteiger charge is 2.21. The Morgan fingerprint density at radius 1 is 1.35 bits per heavy atom. The third-order valence-corrected chi connectivity index (χ3v) is 4.18. The van der Waals surface area contributed by atoms with E-state index in [-0.39, 0.29) is 11.8 Å². The van der Waals surface area contributed by atoms with E-state index in [2.05, 4.69) is 20.3 Å². The summed E-state index contributed by atoms with van der Waals surface area (Å²) in [7, 11) is 0. The molecule has 0 amide bonds. The van der Waals surface area contributed by atoms with Crippen LogP contribution in [0.4, 0.5) is 11.5 Å². The summed E-state index contributed by atoms with van der Waals surface area (Å²) in [5.41, 5.74) is 8.71. The maximum Gasteiger partial charge on any atom is 0.216 e. The van der Waals surface area contributed by atoms with Gasteiger partial charge in [0.25, 0.3) is 0 Å². The van der Waals surface area contributed by atoms with E-state index >= 15 is 0 Å². The molecular formula is C18H24N6O2. The SMILES string of the molecule is CCOc1cc(C(=N)c2c(N)cc(C)nc2NC2CCOCC2)ncn1. The van der Waals surface area contributed by atoms with Gasteiger partial charge >= 0.3 is 0 Å². The van der Waals surface area contributed by atoms with Gasteiger partial charge in [-0.15, -0.1) is 0 Å². The maximum atomic E-state index is 8.64. The maximum absolute atomic E-state index is 8.64. The fourth-order valence-corrected chi connectivity index (χ4v) is 2.93. The van der Waals surface area contributed by atoms with E-state index in [1.165, 1.54) is 6.33 Å². The van der Waals surface area contributed by atoms with E-state index in [0.29, 0.717) is 35.2 Å². The number of ether oxygens (including phenoxy) is 2. The van der Waals surface area contributed by atoms with Gasteiger partial charge in [-0.25, -0.2) is 15.0 Å². The molecular weight excluding hydrogens is 332 g/mol. The van der Waals surface area contributed by atoms with Crippen molar-refractivity contribution in [2.45, 2.75) is 32.7 Å². The number of aryl methyl sites for hydroxylation is 1. The number of nitrogens with one attached hydrogen (secondary N) is 2. The molecule has 0 radical (unpaired) electrons. The number of nitrogens with two attached hydrogens (primary N) is 1. The zero-order valence-corrected chi connectivity index (χ0v) is 15.1. The van der Waals surface area contributed by atoms with Crippen LogP contribution in [0.2, 0.25) is 0 Å². The Bertz CT molecular complexity index is 789. The summed E-state index contributed by atoms with van der Waals surface area (Å²) in [6, 6.07) is 3.65. The highest BCUT2D eigenvalue weighted by atomic mass is 16.5. The van der Waals surface area contributed by atoms with Gasteiger partial charge in [-0.3, -0.25) is 5.41 Å². The highest BCUT2D eigenvalue weighted by molar-refractivity contribution is 6.15. The lowest BCUT2D eigenvalue weighted by molar-refractivity contribution is 0.0904.